The van der Waals surface area contributed by atoms with E-state index in [-0.39, 0.29) is 0 Å². The number of carbonyl (C=O) groups excluding carboxylic acids is 1. The molecule has 0 fully saturated rings. The number of hydrogen-bond donors (Lipinski definition) is 0. The van der Waals surface area contributed by atoms with Gasteiger partial charge in [0.05, 0.1) is 22.4 Å². The molecule has 0 spiro atoms. The number of carbonyl (C=O) groups is 1. The Balaban J connectivity index is 2.13. The first kappa shape index (κ1) is 14.1. The van der Waals surface area contributed by atoms with Gasteiger partial charge in [0.25, 0.3) is 0 Å². The van der Waals surface area contributed by atoms with Gasteiger partial charge in [0, 0.05) is 29.2 Å². The summed E-state index contributed by atoms with van der Waals surface area (Å²) in [6.07, 6.45) is 2.82. The van der Waals surface area contributed by atoms with Gasteiger partial charge in [-0.15, -0.1) is 0 Å². The number of rotatable bonds is 4. The maximum Gasteiger partial charge on any atom is 0.152 e. The number of benzene rings is 1. The van der Waals surface area contributed by atoms with E-state index in [1.807, 2.05) is 42.1 Å². The number of aromatic nitrogens is 3. The first-order chi connectivity index (χ1) is 10.2. The molecule has 0 atom stereocenters. The van der Waals surface area contributed by atoms with Crippen molar-refractivity contribution in [1.82, 2.24) is 14.3 Å². The third-order valence-electron chi connectivity index (χ3n) is 3.72. The molecule has 21 heavy (non-hydrogen) atoms. The molecule has 0 amide bonds. The van der Waals surface area contributed by atoms with Crippen molar-refractivity contribution in [3.8, 4) is 0 Å². The smallest absolute Gasteiger partial charge is 0.152 e. The van der Waals surface area contributed by atoms with E-state index in [9.17, 15) is 4.79 Å². The molecule has 3 aromatic rings. The molecule has 4 nitrogen and oxygen atoms in total. The van der Waals surface area contributed by atoms with E-state index < -0.39 is 0 Å². The summed E-state index contributed by atoms with van der Waals surface area (Å²) in [5.41, 5.74) is 3.89. The Kier molecular flexibility index (Phi) is 3.68. The molecule has 0 aliphatic rings. The first-order valence-corrected chi connectivity index (χ1v) is 7.69. The SMILES string of the molecule is CCn1nc(C)c(Br)c1Cn1cc(C=O)c2ccccc21. The van der Waals surface area contributed by atoms with Crippen molar-refractivity contribution in [1.29, 1.82) is 0 Å². The number of fused-ring (bicyclic) bond motifs is 1. The Morgan fingerprint density at radius 1 is 1.33 bits per heavy atom. The molecule has 3 rings (SSSR count). The van der Waals surface area contributed by atoms with Gasteiger partial charge in [0.2, 0.25) is 0 Å². The minimum Gasteiger partial charge on any atom is -0.341 e. The van der Waals surface area contributed by atoms with Gasteiger partial charge < -0.3 is 4.57 Å². The molecule has 0 unspecified atom stereocenters. The van der Waals surface area contributed by atoms with Gasteiger partial charge in [0.1, 0.15) is 0 Å². The van der Waals surface area contributed by atoms with Crippen molar-refractivity contribution in [2.45, 2.75) is 26.9 Å². The maximum atomic E-state index is 11.2. The highest BCUT2D eigenvalue weighted by atomic mass is 79.9. The summed E-state index contributed by atoms with van der Waals surface area (Å²) in [6, 6.07) is 7.96. The van der Waals surface area contributed by atoms with Crippen LogP contribution in [0.2, 0.25) is 0 Å². The van der Waals surface area contributed by atoms with Gasteiger partial charge in [0.15, 0.2) is 6.29 Å². The number of halogens is 1. The summed E-state index contributed by atoms with van der Waals surface area (Å²) in [7, 11) is 0. The topological polar surface area (TPSA) is 39.8 Å². The zero-order chi connectivity index (χ0) is 15.0. The summed E-state index contributed by atoms with van der Waals surface area (Å²) < 4.78 is 5.14. The van der Waals surface area contributed by atoms with E-state index in [4.69, 9.17) is 0 Å². The van der Waals surface area contributed by atoms with E-state index in [2.05, 4.69) is 32.5 Å². The molecule has 2 heterocycles. The van der Waals surface area contributed by atoms with Crippen LogP contribution in [-0.2, 0) is 13.1 Å². The lowest BCUT2D eigenvalue weighted by molar-refractivity contribution is 0.112. The van der Waals surface area contributed by atoms with Gasteiger partial charge in [-0.1, -0.05) is 18.2 Å². The fourth-order valence-electron chi connectivity index (χ4n) is 2.68. The van der Waals surface area contributed by atoms with E-state index in [1.54, 1.807) is 0 Å². The summed E-state index contributed by atoms with van der Waals surface area (Å²) in [4.78, 5) is 11.2. The second-order valence-corrected chi connectivity index (χ2v) is 5.80. The molecule has 0 radical (unpaired) electrons. The van der Waals surface area contributed by atoms with Gasteiger partial charge in [-0.2, -0.15) is 5.10 Å². The van der Waals surface area contributed by atoms with Crippen LogP contribution < -0.4 is 0 Å². The maximum absolute atomic E-state index is 11.2. The molecule has 0 saturated heterocycles. The zero-order valence-electron chi connectivity index (χ0n) is 12.0. The van der Waals surface area contributed by atoms with Crippen molar-refractivity contribution < 1.29 is 4.79 Å². The van der Waals surface area contributed by atoms with Gasteiger partial charge in [-0.3, -0.25) is 9.48 Å². The molecule has 1 aromatic carbocycles. The van der Waals surface area contributed by atoms with Crippen molar-refractivity contribution >= 4 is 33.1 Å². The number of para-hydroxylation sites is 1. The van der Waals surface area contributed by atoms with Crippen molar-refractivity contribution in [2.24, 2.45) is 0 Å². The van der Waals surface area contributed by atoms with Crippen LogP contribution in [0.1, 0.15) is 28.7 Å². The van der Waals surface area contributed by atoms with Gasteiger partial charge >= 0.3 is 0 Å². The Morgan fingerprint density at radius 2 is 2.10 bits per heavy atom. The molecule has 0 aliphatic heterocycles. The van der Waals surface area contributed by atoms with Crippen LogP contribution in [-0.4, -0.2) is 20.6 Å². The third kappa shape index (κ3) is 2.31. The standard InChI is InChI=1S/C16H16BrN3O/c1-3-20-15(16(17)11(2)18-20)9-19-8-12(10-21)13-6-4-5-7-14(13)19/h4-8,10H,3,9H2,1-2H3. The molecule has 0 aliphatic carbocycles. The van der Waals surface area contributed by atoms with Crippen molar-refractivity contribution in [2.75, 3.05) is 0 Å². The summed E-state index contributed by atoms with van der Waals surface area (Å²) >= 11 is 3.62. The van der Waals surface area contributed by atoms with Crippen molar-refractivity contribution in [3.63, 3.8) is 0 Å². The fourth-order valence-corrected chi connectivity index (χ4v) is 3.09. The molecule has 108 valence electrons. The van der Waals surface area contributed by atoms with Crippen molar-refractivity contribution in [3.05, 3.63) is 51.9 Å². The number of aldehydes is 1. The Bertz CT molecular complexity index is 816. The average Bonchev–Trinajstić information content (AvgIpc) is 3.00. The summed E-state index contributed by atoms with van der Waals surface area (Å²) in [5, 5.41) is 5.51. The highest BCUT2D eigenvalue weighted by molar-refractivity contribution is 9.10. The normalized spacial score (nSPS) is 11.2. The molecule has 0 bridgehead atoms. The van der Waals surface area contributed by atoms with Gasteiger partial charge in [-0.25, -0.2) is 0 Å². The monoisotopic (exact) mass is 345 g/mol. The van der Waals surface area contributed by atoms with Crippen LogP contribution in [0.4, 0.5) is 0 Å². The Morgan fingerprint density at radius 3 is 2.81 bits per heavy atom. The zero-order valence-corrected chi connectivity index (χ0v) is 13.6. The first-order valence-electron chi connectivity index (χ1n) is 6.90. The predicted molar refractivity (Wildman–Crippen MR) is 86.8 cm³/mol. The lowest BCUT2D eigenvalue weighted by atomic mass is 10.2. The van der Waals surface area contributed by atoms with Crippen LogP contribution in [0.3, 0.4) is 0 Å². The minimum absolute atomic E-state index is 0.684. The molecule has 0 N–H and O–H groups in total. The average molecular weight is 346 g/mol. The molecule has 5 heteroatoms. The number of hydrogen-bond acceptors (Lipinski definition) is 2. The Labute approximate surface area is 131 Å². The molecular formula is C16H16BrN3O. The van der Waals surface area contributed by atoms with Crippen LogP contribution in [0.25, 0.3) is 10.9 Å². The van der Waals surface area contributed by atoms with Crippen LogP contribution in [0.15, 0.2) is 34.9 Å². The molecule has 2 aromatic heterocycles. The lowest BCUT2D eigenvalue weighted by Gasteiger charge is -2.08. The van der Waals surface area contributed by atoms with E-state index in [0.717, 1.165) is 45.2 Å². The van der Waals surface area contributed by atoms with Crippen LogP contribution >= 0.6 is 15.9 Å². The highest BCUT2D eigenvalue weighted by Gasteiger charge is 2.14. The lowest BCUT2D eigenvalue weighted by Crippen LogP contribution is -2.07. The predicted octanol–water partition coefficient (Wildman–Crippen LogP) is 3.79. The number of nitrogens with zero attached hydrogens (tertiary/aromatic N) is 3. The summed E-state index contributed by atoms with van der Waals surface area (Å²) in [6.45, 7) is 5.57. The highest BCUT2D eigenvalue weighted by Crippen LogP contribution is 2.25. The second-order valence-electron chi connectivity index (χ2n) is 5.01. The van der Waals surface area contributed by atoms with E-state index in [1.165, 1.54) is 0 Å². The number of aryl methyl sites for hydroxylation is 2. The molecule has 0 saturated carbocycles. The Hall–Kier alpha value is -1.88. The fraction of sp³-hybridized carbons (Fsp3) is 0.250. The quantitative estimate of drug-likeness (QED) is 0.675. The van der Waals surface area contributed by atoms with E-state index in [0.29, 0.717) is 6.54 Å². The minimum atomic E-state index is 0.684. The largest absolute Gasteiger partial charge is 0.341 e. The van der Waals surface area contributed by atoms with Crippen LogP contribution in [0, 0.1) is 6.92 Å². The summed E-state index contributed by atoms with van der Waals surface area (Å²) in [5.74, 6) is 0. The molecular weight excluding hydrogens is 330 g/mol. The van der Waals surface area contributed by atoms with Gasteiger partial charge in [-0.05, 0) is 35.8 Å². The van der Waals surface area contributed by atoms with Crippen LogP contribution in [0.5, 0.6) is 0 Å². The van der Waals surface area contributed by atoms with E-state index >= 15 is 0 Å². The second kappa shape index (κ2) is 5.48. The third-order valence-corrected chi connectivity index (χ3v) is 4.75.